The highest BCUT2D eigenvalue weighted by atomic mass is 32.2. The molecule has 0 aliphatic heterocycles. The first-order valence-corrected chi connectivity index (χ1v) is 6.38. The molecular formula is C10H8F2N4S2. The Morgan fingerprint density at radius 3 is 2.44 bits per heavy atom. The minimum Gasteiger partial charge on any atom is -0.384 e. The van der Waals surface area contributed by atoms with Gasteiger partial charge < -0.3 is 5.73 Å². The topological polar surface area (TPSA) is 75.7 Å². The van der Waals surface area contributed by atoms with Gasteiger partial charge in [-0.2, -0.15) is 4.37 Å². The van der Waals surface area contributed by atoms with Crippen LogP contribution < -0.4 is 5.73 Å². The lowest BCUT2D eigenvalue weighted by molar-refractivity contribution is 0.540. The van der Waals surface area contributed by atoms with Crippen molar-refractivity contribution < 1.29 is 8.78 Å². The first kappa shape index (κ1) is 12.9. The molecule has 0 amide bonds. The van der Waals surface area contributed by atoms with E-state index in [2.05, 4.69) is 9.36 Å². The average Bonchev–Trinajstić information content (AvgIpc) is 2.69. The standard InChI is InChI=1S/C10H8F2N4S2/c1-4-15-10(18-16-4)17-8-6(11)2-5(9(13)14)3-7(8)12/h2-3H,1H3,(H3,13,14). The SMILES string of the molecule is Cc1nsc(Sc2c(F)cc(C(=N)N)cc2F)n1. The Balaban J connectivity index is 2.37. The van der Waals surface area contributed by atoms with Crippen LogP contribution in [-0.4, -0.2) is 15.2 Å². The summed E-state index contributed by atoms with van der Waals surface area (Å²) in [6, 6.07) is 2.06. The van der Waals surface area contributed by atoms with E-state index in [9.17, 15) is 8.78 Å². The number of nitrogen functional groups attached to an aromatic ring is 1. The molecule has 0 saturated carbocycles. The Labute approximate surface area is 110 Å². The summed E-state index contributed by atoms with van der Waals surface area (Å²) in [4.78, 5) is 3.85. The predicted octanol–water partition coefficient (Wildman–Crippen LogP) is 2.56. The van der Waals surface area contributed by atoms with Crippen LogP contribution in [0.4, 0.5) is 8.78 Å². The highest BCUT2D eigenvalue weighted by Crippen LogP contribution is 2.33. The Morgan fingerprint density at radius 2 is 2.00 bits per heavy atom. The number of aromatic nitrogens is 2. The van der Waals surface area contributed by atoms with E-state index >= 15 is 0 Å². The fourth-order valence-electron chi connectivity index (χ4n) is 1.22. The summed E-state index contributed by atoms with van der Waals surface area (Å²) in [6.07, 6.45) is 0. The molecule has 18 heavy (non-hydrogen) atoms. The average molecular weight is 286 g/mol. The van der Waals surface area contributed by atoms with Crippen LogP contribution in [0.1, 0.15) is 11.4 Å². The molecule has 2 aromatic rings. The molecule has 0 fully saturated rings. The Morgan fingerprint density at radius 1 is 1.39 bits per heavy atom. The minimum atomic E-state index is -0.766. The fourth-order valence-corrected chi connectivity index (χ4v) is 2.82. The third-order valence-electron chi connectivity index (χ3n) is 2.01. The smallest absolute Gasteiger partial charge is 0.175 e. The maximum Gasteiger partial charge on any atom is 0.175 e. The van der Waals surface area contributed by atoms with Crippen molar-refractivity contribution in [3.05, 3.63) is 35.2 Å². The van der Waals surface area contributed by atoms with Gasteiger partial charge in [0.15, 0.2) is 4.34 Å². The molecule has 0 saturated heterocycles. The normalized spacial score (nSPS) is 10.6. The zero-order chi connectivity index (χ0) is 13.3. The van der Waals surface area contributed by atoms with Crippen molar-refractivity contribution in [1.82, 2.24) is 9.36 Å². The van der Waals surface area contributed by atoms with E-state index in [0.29, 0.717) is 10.2 Å². The quantitative estimate of drug-likeness (QED) is 0.671. The lowest BCUT2D eigenvalue weighted by Crippen LogP contribution is -2.12. The number of nitrogens with zero attached hydrogens (tertiary/aromatic N) is 2. The number of rotatable bonds is 3. The number of nitrogens with two attached hydrogens (primary N) is 1. The van der Waals surface area contributed by atoms with Gasteiger partial charge in [-0.15, -0.1) is 0 Å². The lowest BCUT2D eigenvalue weighted by Gasteiger charge is -2.05. The molecule has 0 radical (unpaired) electrons. The Kier molecular flexibility index (Phi) is 3.58. The first-order valence-electron chi connectivity index (χ1n) is 4.79. The zero-order valence-corrected chi connectivity index (χ0v) is 10.8. The van der Waals surface area contributed by atoms with Gasteiger partial charge in [0.1, 0.15) is 23.3 Å². The maximum atomic E-state index is 13.7. The van der Waals surface area contributed by atoms with Crippen LogP contribution in [0, 0.1) is 24.0 Å². The lowest BCUT2D eigenvalue weighted by atomic mass is 10.2. The van der Waals surface area contributed by atoms with Crippen molar-refractivity contribution >= 4 is 29.1 Å². The summed E-state index contributed by atoms with van der Waals surface area (Å²) >= 11 is 1.94. The molecule has 4 nitrogen and oxygen atoms in total. The molecule has 1 aromatic heterocycles. The van der Waals surface area contributed by atoms with Gasteiger partial charge in [-0.25, -0.2) is 13.8 Å². The molecule has 2 rings (SSSR count). The number of halogens is 2. The van der Waals surface area contributed by atoms with E-state index in [1.807, 2.05) is 0 Å². The van der Waals surface area contributed by atoms with Crippen LogP contribution in [0.25, 0.3) is 0 Å². The van der Waals surface area contributed by atoms with E-state index in [1.165, 1.54) is 0 Å². The van der Waals surface area contributed by atoms with Crippen molar-refractivity contribution in [2.24, 2.45) is 5.73 Å². The molecular weight excluding hydrogens is 278 g/mol. The highest BCUT2D eigenvalue weighted by molar-refractivity contribution is 8.01. The van der Waals surface area contributed by atoms with Gasteiger partial charge >= 0.3 is 0 Å². The van der Waals surface area contributed by atoms with Gasteiger partial charge in [0, 0.05) is 5.56 Å². The summed E-state index contributed by atoms with van der Waals surface area (Å²) in [6.45, 7) is 1.70. The van der Waals surface area contributed by atoms with Gasteiger partial charge in [-0.1, -0.05) is 11.8 Å². The van der Waals surface area contributed by atoms with Crippen molar-refractivity contribution in [3.8, 4) is 0 Å². The third kappa shape index (κ3) is 2.65. The van der Waals surface area contributed by atoms with Gasteiger partial charge in [-0.05, 0) is 30.6 Å². The van der Waals surface area contributed by atoms with Crippen LogP contribution >= 0.6 is 23.3 Å². The monoisotopic (exact) mass is 286 g/mol. The second-order valence-electron chi connectivity index (χ2n) is 3.39. The van der Waals surface area contributed by atoms with Gasteiger partial charge in [0.05, 0.1) is 4.90 Å². The van der Waals surface area contributed by atoms with Crippen molar-refractivity contribution in [1.29, 1.82) is 5.41 Å². The Hall–Kier alpha value is -1.54. The van der Waals surface area contributed by atoms with E-state index in [1.54, 1.807) is 6.92 Å². The van der Waals surface area contributed by atoms with E-state index in [4.69, 9.17) is 11.1 Å². The van der Waals surface area contributed by atoms with Crippen LogP contribution in [0.2, 0.25) is 0 Å². The zero-order valence-electron chi connectivity index (χ0n) is 9.20. The van der Waals surface area contributed by atoms with E-state index < -0.39 is 11.6 Å². The van der Waals surface area contributed by atoms with Crippen LogP contribution in [-0.2, 0) is 0 Å². The first-order chi connectivity index (χ1) is 8.47. The number of amidine groups is 1. The summed E-state index contributed by atoms with van der Waals surface area (Å²) in [5.41, 5.74) is 5.20. The molecule has 0 aliphatic carbocycles. The molecule has 0 bridgehead atoms. The molecule has 0 atom stereocenters. The maximum absolute atomic E-state index is 13.7. The highest BCUT2D eigenvalue weighted by Gasteiger charge is 2.15. The van der Waals surface area contributed by atoms with Gasteiger partial charge in [0.25, 0.3) is 0 Å². The molecule has 8 heteroatoms. The van der Waals surface area contributed by atoms with Crippen LogP contribution in [0.5, 0.6) is 0 Å². The van der Waals surface area contributed by atoms with Crippen molar-refractivity contribution in [3.63, 3.8) is 0 Å². The molecule has 1 aromatic carbocycles. The second-order valence-corrected chi connectivity index (χ2v) is 5.40. The fraction of sp³-hybridized carbons (Fsp3) is 0.100. The Bertz CT molecular complexity index is 589. The second kappa shape index (κ2) is 4.99. The van der Waals surface area contributed by atoms with Gasteiger partial charge in [-0.3, -0.25) is 5.41 Å². The summed E-state index contributed by atoms with van der Waals surface area (Å²) in [5, 5.41) is 7.14. The number of nitrogens with one attached hydrogen (secondary N) is 1. The number of aryl methyl sites for hydroxylation is 1. The molecule has 3 N–H and O–H groups in total. The van der Waals surface area contributed by atoms with Crippen LogP contribution in [0.15, 0.2) is 21.4 Å². The molecule has 94 valence electrons. The largest absolute Gasteiger partial charge is 0.384 e. The van der Waals surface area contributed by atoms with Crippen LogP contribution in [0.3, 0.4) is 0 Å². The number of hydrogen-bond acceptors (Lipinski definition) is 5. The number of benzene rings is 1. The summed E-state index contributed by atoms with van der Waals surface area (Å²) < 4.78 is 31.8. The molecule has 1 heterocycles. The summed E-state index contributed by atoms with van der Waals surface area (Å²) in [5.74, 6) is -1.35. The van der Waals surface area contributed by atoms with E-state index in [-0.39, 0.29) is 16.3 Å². The van der Waals surface area contributed by atoms with Crippen molar-refractivity contribution in [2.45, 2.75) is 16.2 Å². The predicted molar refractivity (Wildman–Crippen MR) is 66.1 cm³/mol. The summed E-state index contributed by atoms with van der Waals surface area (Å²) in [7, 11) is 0. The molecule has 0 aliphatic rings. The van der Waals surface area contributed by atoms with Crippen molar-refractivity contribution in [2.75, 3.05) is 0 Å². The van der Waals surface area contributed by atoms with Gasteiger partial charge in [0.2, 0.25) is 0 Å². The molecule has 0 spiro atoms. The number of hydrogen-bond donors (Lipinski definition) is 2. The minimum absolute atomic E-state index is 0.0165. The third-order valence-corrected chi connectivity index (χ3v) is 3.94. The molecule has 0 unspecified atom stereocenters. The van der Waals surface area contributed by atoms with E-state index in [0.717, 1.165) is 35.4 Å².